The summed E-state index contributed by atoms with van der Waals surface area (Å²) in [7, 11) is 0. The van der Waals surface area contributed by atoms with Crippen LogP contribution in [0.2, 0.25) is 0 Å². The van der Waals surface area contributed by atoms with Crippen LogP contribution in [-0.2, 0) is 6.42 Å². The van der Waals surface area contributed by atoms with Crippen LogP contribution in [0, 0.1) is 6.92 Å². The predicted molar refractivity (Wildman–Crippen MR) is 49.9 cm³/mol. The highest BCUT2D eigenvalue weighted by atomic mass is 16.1. The standard InChI is InChI=1S/C9H11N3O/c1-3-7-10-9(13)8-6(2)4-5-12(8)11-7/h4-5H,3H2,1-2H3,(H,10,11,13). The maximum absolute atomic E-state index is 11.5. The van der Waals surface area contributed by atoms with E-state index >= 15 is 0 Å². The number of aromatic amines is 1. The molecule has 1 N–H and O–H groups in total. The van der Waals surface area contributed by atoms with E-state index in [1.807, 2.05) is 19.9 Å². The Bertz CT molecular complexity index is 495. The molecule has 2 heterocycles. The molecule has 4 nitrogen and oxygen atoms in total. The van der Waals surface area contributed by atoms with Crippen LogP contribution in [0.3, 0.4) is 0 Å². The van der Waals surface area contributed by atoms with Gasteiger partial charge in [0.05, 0.1) is 0 Å². The molecule has 0 aliphatic carbocycles. The molecule has 0 unspecified atom stereocenters. The Balaban J connectivity index is 2.87. The van der Waals surface area contributed by atoms with Crippen molar-refractivity contribution in [3.05, 3.63) is 34.0 Å². The molecule has 0 fully saturated rings. The van der Waals surface area contributed by atoms with Gasteiger partial charge in [0.2, 0.25) is 0 Å². The summed E-state index contributed by atoms with van der Waals surface area (Å²) < 4.78 is 1.63. The smallest absolute Gasteiger partial charge is 0.275 e. The van der Waals surface area contributed by atoms with E-state index in [0.717, 1.165) is 12.0 Å². The van der Waals surface area contributed by atoms with E-state index in [-0.39, 0.29) is 5.56 Å². The molecule has 0 bridgehead atoms. The van der Waals surface area contributed by atoms with Gasteiger partial charge in [-0.15, -0.1) is 0 Å². The van der Waals surface area contributed by atoms with Crippen LogP contribution in [-0.4, -0.2) is 14.6 Å². The van der Waals surface area contributed by atoms with Gasteiger partial charge in [0.1, 0.15) is 11.3 Å². The first kappa shape index (κ1) is 8.04. The van der Waals surface area contributed by atoms with Gasteiger partial charge in [0.25, 0.3) is 5.56 Å². The summed E-state index contributed by atoms with van der Waals surface area (Å²) in [4.78, 5) is 14.3. The molecule has 0 aliphatic rings. The second-order valence-electron chi connectivity index (χ2n) is 3.05. The number of hydrogen-bond acceptors (Lipinski definition) is 2. The van der Waals surface area contributed by atoms with Crippen LogP contribution in [0.4, 0.5) is 0 Å². The Morgan fingerprint density at radius 2 is 2.38 bits per heavy atom. The van der Waals surface area contributed by atoms with Crippen LogP contribution in [0.15, 0.2) is 17.1 Å². The van der Waals surface area contributed by atoms with Gasteiger partial charge >= 0.3 is 0 Å². The van der Waals surface area contributed by atoms with Crippen LogP contribution in [0.25, 0.3) is 5.52 Å². The van der Waals surface area contributed by atoms with Crippen LogP contribution >= 0.6 is 0 Å². The topological polar surface area (TPSA) is 50.2 Å². The highest BCUT2D eigenvalue weighted by Gasteiger charge is 2.04. The van der Waals surface area contributed by atoms with Gasteiger partial charge in [0.15, 0.2) is 0 Å². The summed E-state index contributed by atoms with van der Waals surface area (Å²) in [6.45, 7) is 3.86. The molecular formula is C9H11N3O. The monoisotopic (exact) mass is 177 g/mol. The molecule has 2 rings (SSSR count). The van der Waals surface area contributed by atoms with Crippen molar-refractivity contribution < 1.29 is 0 Å². The van der Waals surface area contributed by atoms with Crippen molar-refractivity contribution in [2.45, 2.75) is 20.3 Å². The molecule has 0 saturated carbocycles. The Kier molecular flexibility index (Phi) is 1.69. The number of rotatable bonds is 1. The number of H-pyrrole nitrogens is 1. The molecule has 2 aromatic rings. The predicted octanol–water partition coefficient (Wildman–Crippen LogP) is 0.893. The molecule has 0 radical (unpaired) electrons. The number of aryl methyl sites for hydroxylation is 2. The Morgan fingerprint density at radius 3 is 3.08 bits per heavy atom. The van der Waals surface area contributed by atoms with Gasteiger partial charge in [0, 0.05) is 12.6 Å². The number of fused-ring (bicyclic) bond motifs is 1. The molecule has 13 heavy (non-hydrogen) atoms. The normalized spacial score (nSPS) is 10.9. The lowest BCUT2D eigenvalue weighted by Crippen LogP contribution is -2.15. The fourth-order valence-corrected chi connectivity index (χ4v) is 1.39. The van der Waals surface area contributed by atoms with Crippen LogP contribution < -0.4 is 5.56 Å². The summed E-state index contributed by atoms with van der Waals surface area (Å²) >= 11 is 0. The van der Waals surface area contributed by atoms with E-state index in [2.05, 4.69) is 10.1 Å². The Morgan fingerprint density at radius 1 is 1.62 bits per heavy atom. The number of aromatic nitrogens is 3. The SMILES string of the molecule is CCc1nn2ccc(C)c2c(=O)[nH]1. The zero-order chi connectivity index (χ0) is 9.42. The van der Waals surface area contributed by atoms with Crippen molar-refractivity contribution in [2.75, 3.05) is 0 Å². The summed E-state index contributed by atoms with van der Waals surface area (Å²) in [5, 5.41) is 4.24. The van der Waals surface area contributed by atoms with E-state index in [4.69, 9.17) is 0 Å². The Labute approximate surface area is 75.2 Å². The fourth-order valence-electron chi connectivity index (χ4n) is 1.39. The van der Waals surface area contributed by atoms with E-state index < -0.39 is 0 Å². The van der Waals surface area contributed by atoms with E-state index in [1.54, 1.807) is 10.7 Å². The Hall–Kier alpha value is -1.58. The minimum atomic E-state index is -0.0608. The van der Waals surface area contributed by atoms with E-state index in [1.165, 1.54) is 0 Å². The highest BCUT2D eigenvalue weighted by molar-refractivity contribution is 5.51. The maximum Gasteiger partial charge on any atom is 0.275 e. The summed E-state index contributed by atoms with van der Waals surface area (Å²) in [5.74, 6) is 0.716. The van der Waals surface area contributed by atoms with Gasteiger partial charge in [-0.1, -0.05) is 6.92 Å². The van der Waals surface area contributed by atoms with Crippen LogP contribution in [0.5, 0.6) is 0 Å². The number of hydrogen-bond donors (Lipinski definition) is 1. The number of nitrogens with zero attached hydrogens (tertiary/aromatic N) is 2. The maximum atomic E-state index is 11.5. The molecule has 68 valence electrons. The van der Waals surface area contributed by atoms with Crippen molar-refractivity contribution in [3.8, 4) is 0 Å². The van der Waals surface area contributed by atoms with Gasteiger partial charge in [-0.3, -0.25) is 4.79 Å². The van der Waals surface area contributed by atoms with Gasteiger partial charge < -0.3 is 4.98 Å². The lowest BCUT2D eigenvalue weighted by molar-refractivity contribution is 0.799. The third-order valence-electron chi connectivity index (χ3n) is 2.10. The molecule has 4 heteroatoms. The van der Waals surface area contributed by atoms with E-state index in [9.17, 15) is 4.79 Å². The average molecular weight is 177 g/mol. The quantitative estimate of drug-likeness (QED) is 0.703. The average Bonchev–Trinajstić information content (AvgIpc) is 2.48. The fraction of sp³-hybridized carbons (Fsp3) is 0.333. The van der Waals surface area contributed by atoms with Crippen molar-refractivity contribution in [2.24, 2.45) is 0 Å². The molecule has 2 aromatic heterocycles. The minimum Gasteiger partial charge on any atom is -0.307 e. The third kappa shape index (κ3) is 1.14. The van der Waals surface area contributed by atoms with Gasteiger partial charge in [-0.25, -0.2) is 4.52 Å². The van der Waals surface area contributed by atoms with Crippen molar-refractivity contribution >= 4 is 5.52 Å². The van der Waals surface area contributed by atoms with Crippen molar-refractivity contribution in [1.82, 2.24) is 14.6 Å². The summed E-state index contributed by atoms with van der Waals surface area (Å²) in [6.07, 6.45) is 2.54. The molecule has 0 aliphatic heterocycles. The zero-order valence-corrected chi connectivity index (χ0v) is 7.66. The lowest BCUT2D eigenvalue weighted by Gasteiger charge is -1.98. The summed E-state index contributed by atoms with van der Waals surface area (Å²) in [6, 6.07) is 1.89. The van der Waals surface area contributed by atoms with Gasteiger partial charge in [-0.05, 0) is 18.6 Å². The molecule has 0 atom stereocenters. The minimum absolute atomic E-state index is 0.0608. The van der Waals surface area contributed by atoms with Crippen molar-refractivity contribution in [1.29, 1.82) is 0 Å². The van der Waals surface area contributed by atoms with Gasteiger partial charge in [-0.2, -0.15) is 5.10 Å². The third-order valence-corrected chi connectivity index (χ3v) is 2.10. The second-order valence-corrected chi connectivity index (χ2v) is 3.05. The first-order chi connectivity index (χ1) is 6.22. The first-order valence-electron chi connectivity index (χ1n) is 4.29. The largest absolute Gasteiger partial charge is 0.307 e. The lowest BCUT2D eigenvalue weighted by atomic mass is 10.3. The van der Waals surface area contributed by atoms with Crippen molar-refractivity contribution in [3.63, 3.8) is 0 Å². The highest BCUT2D eigenvalue weighted by Crippen LogP contribution is 2.04. The molecule has 0 aromatic carbocycles. The molecule has 0 saturated heterocycles. The van der Waals surface area contributed by atoms with Crippen LogP contribution in [0.1, 0.15) is 18.3 Å². The summed E-state index contributed by atoms with van der Waals surface area (Å²) in [5.41, 5.74) is 1.53. The first-order valence-corrected chi connectivity index (χ1v) is 4.29. The molecular weight excluding hydrogens is 166 g/mol. The zero-order valence-electron chi connectivity index (χ0n) is 7.66. The molecule has 0 amide bonds. The second kappa shape index (κ2) is 2.73. The molecule has 0 spiro atoms. The number of nitrogens with one attached hydrogen (secondary N) is 1. The van der Waals surface area contributed by atoms with E-state index in [0.29, 0.717) is 11.3 Å².